The SMILES string of the molecule is COc1cc(-c2nc(C3CCC(N4CCN(C)CC4)CC3)n3ccnc(C)c23)ccc1CC(=O)c1cc2c(OC)cccc2n1C. The van der Waals surface area contributed by atoms with Crippen LogP contribution in [0.3, 0.4) is 0 Å². The normalized spacial score (nSPS) is 19.6. The number of carbonyl (C=O) groups is 1. The summed E-state index contributed by atoms with van der Waals surface area (Å²) in [6.07, 6.45) is 8.87. The van der Waals surface area contributed by atoms with Gasteiger partial charge in [-0.25, -0.2) is 4.98 Å². The minimum absolute atomic E-state index is 0.0220. The summed E-state index contributed by atoms with van der Waals surface area (Å²) in [4.78, 5) is 28.7. The lowest BCUT2D eigenvalue weighted by Gasteiger charge is -2.41. The summed E-state index contributed by atoms with van der Waals surface area (Å²) >= 11 is 0. The van der Waals surface area contributed by atoms with Gasteiger partial charge >= 0.3 is 0 Å². The van der Waals surface area contributed by atoms with Gasteiger partial charge in [0.25, 0.3) is 0 Å². The average Bonchev–Trinajstić information content (AvgIpc) is 3.64. The van der Waals surface area contributed by atoms with Gasteiger partial charge in [-0.15, -0.1) is 0 Å². The van der Waals surface area contributed by atoms with E-state index in [1.54, 1.807) is 14.2 Å². The molecular weight excluding hydrogens is 576 g/mol. The van der Waals surface area contributed by atoms with Gasteiger partial charge in [0.1, 0.15) is 17.3 Å². The zero-order valence-corrected chi connectivity index (χ0v) is 27.6. The fourth-order valence-electron chi connectivity index (χ4n) is 7.68. The number of aromatic nitrogens is 4. The number of aryl methyl sites for hydroxylation is 2. The molecule has 5 aromatic rings. The molecule has 1 saturated heterocycles. The summed E-state index contributed by atoms with van der Waals surface area (Å²) in [5.41, 5.74) is 6.31. The number of fused-ring (bicyclic) bond motifs is 2. The number of likely N-dealkylation sites (N-methyl/N-ethyl adjacent to an activating group) is 1. The van der Waals surface area contributed by atoms with E-state index in [1.165, 1.54) is 25.9 Å². The van der Waals surface area contributed by atoms with Crippen molar-refractivity contribution in [3.8, 4) is 22.8 Å². The van der Waals surface area contributed by atoms with Crippen molar-refractivity contribution in [1.82, 2.24) is 28.7 Å². The summed E-state index contributed by atoms with van der Waals surface area (Å²) in [6.45, 7) is 6.72. The molecule has 9 heteroatoms. The Labute approximate surface area is 270 Å². The van der Waals surface area contributed by atoms with Crippen molar-refractivity contribution in [2.45, 2.75) is 51.0 Å². The second kappa shape index (κ2) is 12.5. The van der Waals surface area contributed by atoms with Crippen molar-refractivity contribution in [3.05, 3.63) is 77.6 Å². The molecule has 1 saturated carbocycles. The van der Waals surface area contributed by atoms with Gasteiger partial charge in [0.2, 0.25) is 0 Å². The first-order valence-electron chi connectivity index (χ1n) is 16.4. The van der Waals surface area contributed by atoms with E-state index in [2.05, 4.69) is 45.4 Å². The van der Waals surface area contributed by atoms with Crippen LogP contribution >= 0.6 is 0 Å². The number of nitrogens with zero attached hydrogens (tertiary/aromatic N) is 6. The van der Waals surface area contributed by atoms with Gasteiger partial charge in [0.05, 0.1) is 42.3 Å². The number of ketones is 1. The Hall–Kier alpha value is -4.21. The Morgan fingerprint density at radius 3 is 2.43 bits per heavy atom. The largest absolute Gasteiger partial charge is 0.496 e. The Bertz CT molecular complexity index is 1890. The predicted octanol–water partition coefficient (Wildman–Crippen LogP) is 5.91. The smallest absolute Gasteiger partial charge is 0.183 e. The molecule has 3 aromatic heterocycles. The van der Waals surface area contributed by atoms with E-state index >= 15 is 0 Å². The molecule has 4 heterocycles. The monoisotopic (exact) mass is 620 g/mol. The lowest BCUT2D eigenvalue weighted by molar-refractivity contribution is 0.0872. The molecule has 0 radical (unpaired) electrons. The van der Waals surface area contributed by atoms with Gasteiger partial charge in [-0.1, -0.05) is 18.2 Å². The van der Waals surface area contributed by atoms with Gasteiger partial charge in [-0.3, -0.25) is 19.1 Å². The third-order valence-electron chi connectivity index (χ3n) is 10.3. The molecule has 46 heavy (non-hydrogen) atoms. The summed E-state index contributed by atoms with van der Waals surface area (Å²) in [5.74, 6) is 2.99. The molecule has 0 unspecified atom stereocenters. The van der Waals surface area contributed by atoms with Crippen LogP contribution in [-0.4, -0.2) is 88.0 Å². The number of ether oxygens (including phenoxy) is 2. The van der Waals surface area contributed by atoms with Gasteiger partial charge in [-0.2, -0.15) is 0 Å². The zero-order chi connectivity index (χ0) is 31.9. The lowest BCUT2D eigenvalue weighted by Crippen LogP contribution is -2.49. The number of methoxy groups -OCH3 is 2. The first-order chi connectivity index (χ1) is 22.4. The number of carbonyl (C=O) groups excluding carboxylic acids is 1. The highest BCUT2D eigenvalue weighted by atomic mass is 16.5. The molecule has 0 N–H and O–H groups in total. The highest BCUT2D eigenvalue weighted by Gasteiger charge is 2.31. The predicted molar refractivity (Wildman–Crippen MR) is 181 cm³/mol. The highest BCUT2D eigenvalue weighted by molar-refractivity contribution is 6.02. The second-order valence-electron chi connectivity index (χ2n) is 13.0. The summed E-state index contributed by atoms with van der Waals surface area (Å²) in [7, 11) is 7.46. The molecule has 0 spiro atoms. The Balaban J connectivity index is 1.15. The van der Waals surface area contributed by atoms with Crippen LogP contribution in [-0.2, 0) is 13.5 Å². The third-order valence-corrected chi connectivity index (χ3v) is 10.3. The van der Waals surface area contributed by atoms with E-state index in [4.69, 9.17) is 14.5 Å². The molecule has 2 fully saturated rings. The number of Topliss-reactive ketones (excluding diaryl/α,β-unsaturated/α-hetero) is 1. The fraction of sp³-hybridized carbons (Fsp3) is 0.432. The van der Waals surface area contributed by atoms with E-state index in [-0.39, 0.29) is 12.2 Å². The minimum Gasteiger partial charge on any atom is -0.496 e. The molecule has 1 aliphatic carbocycles. The number of hydrogen-bond donors (Lipinski definition) is 0. The summed E-state index contributed by atoms with van der Waals surface area (Å²) in [6, 6.07) is 14.6. The third kappa shape index (κ3) is 5.45. The standard InChI is InChI=1S/C37H44N6O3/c1-24-36-35(39-37(43(36)16-15-38-24)25-11-13-28(14-12-25)42-19-17-40(2)18-20-42)27-10-9-26(34(22-27)46-5)21-32(44)31-23-29-30(41(31)3)7-6-8-33(29)45-4/h6-10,15-16,22-23,25,28H,11-14,17-21H2,1-5H3. The van der Waals surface area contributed by atoms with E-state index < -0.39 is 0 Å². The van der Waals surface area contributed by atoms with Crippen molar-refractivity contribution < 1.29 is 14.3 Å². The molecule has 0 bridgehead atoms. The molecule has 1 aliphatic heterocycles. The topological polar surface area (TPSA) is 77.1 Å². The summed E-state index contributed by atoms with van der Waals surface area (Å²) < 4.78 is 15.6. The van der Waals surface area contributed by atoms with Crippen LogP contribution in [0, 0.1) is 6.92 Å². The molecule has 240 valence electrons. The molecule has 9 nitrogen and oxygen atoms in total. The van der Waals surface area contributed by atoms with Crippen molar-refractivity contribution in [3.63, 3.8) is 0 Å². The van der Waals surface area contributed by atoms with Gasteiger partial charge in [0.15, 0.2) is 5.78 Å². The van der Waals surface area contributed by atoms with Gasteiger partial charge < -0.3 is 18.9 Å². The summed E-state index contributed by atoms with van der Waals surface area (Å²) in [5, 5.41) is 0.928. The lowest BCUT2D eigenvalue weighted by atomic mass is 9.84. The maximum atomic E-state index is 13.6. The molecule has 2 aromatic carbocycles. The number of imidazole rings is 1. The van der Waals surface area contributed by atoms with Crippen LogP contribution in [0.2, 0.25) is 0 Å². The van der Waals surface area contributed by atoms with Crippen molar-refractivity contribution in [2.75, 3.05) is 47.4 Å². The molecule has 7 rings (SSSR count). The molecule has 2 aliphatic rings. The molecule has 0 atom stereocenters. The van der Waals surface area contributed by atoms with E-state index in [9.17, 15) is 4.79 Å². The quantitative estimate of drug-likeness (QED) is 0.200. The molecule has 0 amide bonds. The number of piperazine rings is 1. The first-order valence-corrected chi connectivity index (χ1v) is 16.4. The number of benzene rings is 2. The zero-order valence-electron chi connectivity index (χ0n) is 27.6. The second-order valence-corrected chi connectivity index (χ2v) is 13.0. The van der Waals surface area contributed by atoms with Gasteiger partial charge in [0, 0.05) is 80.5 Å². The number of hydrogen-bond acceptors (Lipinski definition) is 7. The maximum absolute atomic E-state index is 13.6. The first kappa shape index (κ1) is 30.4. The van der Waals surface area contributed by atoms with Crippen molar-refractivity contribution in [1.29, 1.82) is 0 Å². The van der Waals surface area contributed by atoms with Crippen LogP contribution in [0.4, 0.5) is 0 Å². The van der Waals surface area contributed by atoms with Crippen LogP contribution in [0.5, 0.6) is 11.5 Å². The fourth-order valence-corrected chi connectivity index (χ4v) is 7.68. The van der Waals surface area contributed by atoms with Crippen LogP contribution in [0.15, 0.2) is 54.9 Å². The van der Waals surface area contributed by atoms with Crippen LogP contribution in [0.25, 0.3) is 27.7 Å². The number of rotatable bonds is 8. The van der Waals surface area contributed by atoms with Crippen molar-refractivity contribution >= 4 is 22.2 Å². The van der Waals surface area contributed by atoms with E-state index in [0.29, 0.717) is 23.4 Å². The Kier molecular flexibility index (Phi) is 8.29. The van der Waals surface area contributed by atoms with E-state index in [1.807, 2.05) is 54.2 Å². The molecular formula is C37H44N6O3. The maximum Gasteiger partial charge on any atom is 0.183 e. The Morgan fingerprint density at radius 1 is 0.935 bits per heavy atom. The van der Waals surface area contributed by atoms with E-state index in [0.717, 1.165) is 76.4 Å². The highest BCUT2D eigenvalue weighted by Crippen LogP contribution is 2.39. The average molecular weight is 621 g/mol. The van der Waals surface area contributed by atoms with Gasteiger partial charge in [-0.05, 0) is 63.9 Å². The van der Waals surface area contributed by atoms with Crippen molar-refractivity contribution in [2.24, 2.45) is 7.05 Å². The van der Waals surface area contributed by atoms with Crippen LogP contribution < -0.4 is 9.47 Å². The minimum atomic E-state index is 0.0220. The van der Waals surface area contributed by atoms with Crippen LogP contribution in [0.1, 0.15) is 59.2 Å². The Morgan fingerprint density at radius 2 is 1.70 bits per heavy atom.